The fourth-order valence-corrected chi connectivity index (χ4v) is 1.12. The number of aliphatic hydroxyl groups is 1. The van der Waals surface area contributed by atoms with E-state index in [9.17, 15) is 9.90 Å². The van der Waals surface area contributed by atoms with Crippen molar-refractivity contribution in [2.45, 2.75) is 38.9 Å². The maximum Gasteiger partial charge on any atom is 0.309 e. The quantitative estimate of drug-likeness (QED) is 0.779. The average Bonchev–Trinajstić information content (AvgIpc) is 2.50. The fraction of sp³-hybridized carbons (Fsp3) is 0.545. The van der Waals surface area contributed by atoms with Crippen LogP contribution in [0, 0.1) is 0 Å². The van der Waals surface area contributed by atoms with Gasteiger partial charge in [0.25, 0.3) is 0 Å². The molecule has 1 atom stereocenters. The lowest BCUT2D eigenvalue weighted by atomic mass is 10.1. The Morgan fingerprint density at radius 2 is 2.27 bits per heavy atom. The Labute approximate surface area is 88.8 Å². The molecule has 1 aromatic heterocycles. The van der Waals surface area contributed by atoms with Crippen LogP contribution in [0.25, 0.3) is 0 Å². The Bertz CT molecular complexity index is 308. The molecule has 0 amide bonds. The molecule has 0 bridgehead atoms. The fourth-order valence-electron chi connectivity index (χ4n) is 1.12. The molecule has 15 heavy (non-hydrogen) atoms. The molecule has 4 nitrogen and oxygen atoms in total. The van der Waals surface area contributed by atoms with Crippen LogP contribution in [0.4, 0.5) is 0 Å². The van der Waals surface area contributed by atoms with Gasteiger partial charge in [-0.15, -0.1) is 0 Å². The molecular weight excluding hydrogens is 196 g/mol. The predicted molar refractivity (Wildman–Crippen MR) is 54.1 cm³/mol. The predicted octanol–water partition coefficient (Wildman–Crippen LogP) is 2.04. The van der Waals surface area contributed by atoms with Crippen molar-refractivity contribution in [3.05, 3.63) is 24.2 Å². The highest BCUT2D eigenvalue weighted by Gasteiger charge is 2.21. The molecule has 1 N–H and O–H groups in total. The van der Waals surface area contributed by atoms with Crippen LogP contribution in [0.2, 0.25) is 0 Å². The molecule has 1 aromatic rings. The van der Waals surface area contributed by atoms with E-state index in [0.29, 0.717) is 5.76 Å². The first-order valence-corrected chi connectivity index (χ1v) is 4.82. The maximum absolute atomic E-state index is 11.3. The summed E-state index contributed by atoms with van der Waals surface area (Å²) in [6.07, 6.45) is 0.424. The first-order valence-electron chi connectivity index (χ1n) is 4.82. The Hall–Kier alpha value is -1.29. The second-order valence-electron chi connectivity index (χ2n) is 4.32. The molecule has 0 aliphatic carbocycles. The first kappa shape index (κ1) is 11.8. The van der Waals surface area contributed by atoms with Gasteiger partial charge in [0.1, 0.15) is 17.5 Å². The topological polar surface area (TPSA) is 59.7 Å². The van der Waals surface area contributed by atoms with E-state index in [4.69, 9.17) is 9.15 Å². The summed E-state index contributed by atoms with van der Waals surface area (Å²) in [6, 6.07) is 3.28. The highest BCUT2D eigenvalue weighted by molar-refractivity contribution is 5.70. The van der Waals surface area contributed by atoms with Crippen LogP contribution in [0.1, 0.15) is 39.1 Å². The molecule has 0 spiro atoms. The van der Waals surface area contributed by atoms with Gasteiger partial charge in [-0.3, -0.25) is 4.79 Å². The van der Waals surface area contributed by atoms with Crippen molar-refractivity contribution in [1.29, 1.82) is 0 Å². The molecule has 0 saturated carbocycles. The van der Waals surface area contributed by atoms with E-state index in [1.54, 1.807) is 32.9 Å². The molecular formula is C11H16O4. The van der Waals surface area contributed by atoms with Crippen LogP contribution in [-0.4, -0.2) is 16.7 Å². The highest BCUT2D eigenvalue weighted by atomic mass is 16.6. The Balaban J connectivity index is 2.45. The normalized spacial score (nSPS) is 13.6. The van der Waals surface area contributed by atoms with Gasteiger partial charge in [-0.1, -0.05) is 0 Å². The number of furan rings is 1. The van der Waals surface area contributed by atoms with Crippen LogP contribution in [0.3, 0.4) is 0 Å². The van der Waals surface area contributed by atoms with Gasteiger partial charge in [0.2, 0.25) is 0 Å². The number of esters is 1. The number of hydrogen-bond donors (Lipinski definition) is 1. The van der Waals surface area contributed by atoms with Crippen LogP contribution < -0.4 is 0 Å². The molecule has 4 heteroatoms. The molecule has 1 rings (SSSR count). The smallest absolute Gasteiger partial charge is 0.309 e. The van der Waals surface area contributed by atoms with Gasteiger partial charge in [-0.2, -0.15) is 0 Å². The van der Waals surface area contributed by atoms with Crippen LogP contribution in [-0.2, 0) is 9.53 Å². The number of rotatable bonds is 3. The zero-order valence-corrected chi connectivity index (χ0v) is 9.19. The summed E-state index contributed by atoms with van der Waals surface area (Å²) in [5, 5.41) is 9.58. The van der Waals surface area contributed by atoms with E-state index in [0.717, 1.165) is 0 Å². The van der Waals surface area contributed by atoms with Gasteiger partial charge in [0.05, 0.1) is 12.7 Å². The van der Waals surface area contributed by atoms with E-state index in [-0.39, 0.29) is 6.42 Å². The van der Waals surface area contributed by atoms with Crippen molar-refractivity contribution in [3.8, 4) is 0 Å². The average molecular weight is 212 g/mol. The Kier molecular flexibility index (Phi) is 3.52. The minimum atomic E-state index is -0.935. The van der Waals surface area contributed by atoms with Crippen molar-refractivity contribution in [2.24, 2.45) is 0 Å². The van der Waals surface area contributed by atoms with Gasteiger partial charge in [-0.05, 0) is 32.9 Å². The lowest BCUT2D eigenvalue weighted by molar-refractivity contribution is -0.157. The van der Waals surface area contributed by atoms with Crippen LogP contribution >= 0.6 is 0 Å². The zero-order chi connectivity index (χ0) is 11.5. The maximum atomic E-state index is 11.3. The number of carbonyl (C=O) groups is 1. The number of ether oxygens (including phenoxy) is 1. The third-order valence-electron chi connectivity index (χ3n) is 1.65. The van der Waals surface area contributed by atoms with E-state index in [2.05, 4.69) is 0 Å². The van der Waals surface area contributed by atoms with E-state index in [1.807, 2.05) is 0 Å². The summed E-state index contributed by atoms with van der Waals surface area (Å²) in [5.41, 5.74) is -0.528. The van der Waals surface area contributed by atoms with Crippen molar-refractivity contribution in [1.82, 2.24) is 0 Å². The Morgan fingerprint density at radius 3 is 2.73 bits per heavy atom. The SMILES string of the molecule is CC(C)(C)OC(=O)C[C@@H](O)c1ccco1. The molecule has 0 unspecified atom stereocenters. The lowest BCUT2D eigenvalue weighted by Gasteiger charge is -2.20. The molecule has 0 aliphatic rings. The summed E-state index contributed by atoms with van der Waals surface area (Å²) in [6.45, 7) is 5.35. The summed E-state index contributed by atoms with van der Waals surface area (Å²) in [5.74, 6) is -0.0627. The van der Waals surface area contributed by atoms with E-state index < -0.39 is 17.7 Å². The monoisotopic (exact) mass is 212 g/mol. The summed E-state index contributed by atoms with van der Waals surface area (Å²) in [4.78, 5) is 11.3. The summed E-state index contributed by atoms with van der Waals surface area (Å²) >= 11 is 0. The molecule has 0 fully saturated rings. The number of hydrogen-bond acceptors (Lipinski definition) is 4. The first-order chi connectivity index (χ1) is 6.88. The minimum absolute atomic E-state index is 0.0925. The van der Waals surface area contributed by atoms with Crippen LogP contribution in [0.5, 0.6) is 0 Å². The molecule has 0 aromatic carbocycles. The van der Waals surface area contributed by atoms with Crippen molar-refractivity contribution < 1.29 is 19.1 Å². The van der Waals surface area contributed by atoms with Gasteiger partial charge < -0.3 is 14.3 Å². The van der Waals surface area contributed by atoms with Gasteiger partial charge in [0.15, 0.2) is 0 Å². The second kappa shape index (κ2) is 4.49. The van der Waals surface area contributed by atoms with E-state index >= 15 is 0 Å². The third-order valence-corrected chi connectivity index (χ3v) is 1.65. The molecule has 1 heterocycles. The van der Waals surface area contributed by atoms with Crippen molar-refractivity contribution in [2.75, 3.05) is 0 Å². The molecule has 0 aliphatic heterocycles. The number of aliphatic hydroxyl groups excluding tert-OH is 1. The van der Waals surface area contributed by atoms with Crippen molar-refractivity contribution in [3.63, 3.8) is 0 Å². The summed E-state index contributed by atoms with van der Waals surface area (Å²) < 4.78 is 10.0. The standard InChI is InChI=1S/C11H16O4/c1-11(2,3)15-10(13)7-8(12)9-5-4-6-14-9/h4-6,8,12H,7H2,1-3H3/t8-/m1/s1. The highest BCUT2D eigenvalue weighted by Crippen LogP contribution is 2.19. The van der Waals surface area contributed by atoms with E-state index in [1.165, 1.54) is 6.26 Å². The second-order valence-corrected chi connectivity index (χ2v) is 4.32. The zero-order valence-electron chi connectivity index (χ0n) is 9.19. The van der Waals surface area contributed by atoms with Gasteiger partial charge >= 0.3 is 5.97 Å². The third kappa shape index (κ3) is 4.16. The van der Waals surface area contributed by atoms with Gasteiger partial charge in [0, 0.05) is 0 Å². The number of carbonyl (C=O) groups excluding carboxylic acids is 1. The summed E-state index contributed by atoms with van der Waals surface area (Å²) in [7, 11) is 0. The molecule has 84 valence electrons. The Morgan fingerprint density at radius 1 is 1.60 bits per heavy atom. The molecule has 0 saturated heterocycles. The molecule has 0 radical (unpaired) electrons. The van der Waals surface area contributed by atoms with Crippen LogP contribution in [0.15, 0.2) is 22.8 Å². The largest absolute Gasteiger partial charge is 0.467 e. The van der Waals surface area contributed by atoms with Gasteiger partial charge in [-0.25, -0.2) is 0 Å². The minimum Gasteiger partial charge on any atom is -0.467 e. The van der Waals surface area contributed by atoms with Crippen molar-refractivity contribution >= 4 is 5.97 Å². The lowest BCUT2D eigenvalue weighted by Crippen LogP contribution is -2.24.